The summed E-state index contributed by atoms with van der Waals surface area (Å²) in [6.07, 6.45) is -2.26. The molecule has 0 atom stereocenters. The molecule has 1 N–H and O–H groups in total. The number of hydrogen-bond donors (Lipinski definition) is 1. The molecule has 0 unspecified atom stereocenters. The normalized spacial score (nSPS) is 17.6. The number of carbonyl (C=O) groups excluding carboxylic acids is 2. The van der Waals surface area contributed by atoms with Gasteiger partial charge in [0, 0.05) is 12.8 Å². The molecule has 0 radical (unpaired) electrons. The van der Waals surface area contributed by atoms with Crippen LogP contribution < -0.4 is 5.32 Å². The fourth-order valence-electron chi connectivity index (χ4n) is 1.83. The van der Waals surface area contributed by atoms with Gasteiger partial charge in [0.15, 0.2) is 0 Å². The van der Waals surface area contributed by atoms with Crippen LogP contribution in [0, 0.1) is 5.92 Å². The van der Waals surface area contributed by atoms with Crippen molar-refractivity contribution in [3.63, 3.8) is 0 Å². The smallest absolute Gasteiger partial charge is 0.407 e. The molecule has 1 aliphatic carbocycles. The van der Waals surface area contributed by atoms with Gasteiger partial charge in [0.2, 0.25) is 0 Å². The number of halogens is 3. The van der Waals surface area contributed by atoms with Crippen molar-refractivity contribution in [2.24, 2.45) is 5.92 Å². The van der Waals surface area contributed by atoms with Gasteiger partial charge < -0.3 is 10.1 Å². The van der Waals surface area contributed by atoms with Crippen LogP contribution in [0.2, 0.25) is 0 Å². The number of Topliss-reactive ketones (excluding diaryl/α,β-unsaturated/α-hetero) is 1. The van der Waals surface area contributed by atoms with Gasteiger partial charge in [-0.1, -0.05) is 0 Å². The molecule has 0 heterocycles. The second kappa shape index (κ2) is 6.61. The Bertz CT molecular complexity index is 294. The van der Waals surface area contributed by atoms with Crippen molar-refractivity contribution in [2.75, 3.05) is 13.2 Å². The lowest BCUT2D eigenvalue weighted by Gasteiger charge is -2.20. The first-order valence-corrected chi connectivity index (χ1v) is 5.86. The maximum Gasteiger partial charge on any atom is 0.407 e. The number of alkyl halides is 3. The molecule has 4 nitrogen and oxygen atoms in total. The molecule has 0 spiro atoms. The lowest BCUT2D eigenvalue weighted by molar-refractivity contribution is -0.123. The van der Waals surface area contributed by atoms with Crippen LogP contribution in [0.5, 0.6) is 0 Å². The molecular weight excluding hydrogens is 251 g/mol. The van der Waals surface area contributed by atoms with E-state index in [2.05, 4.69) is 4.74 Å². The van der Waals surface area contributed by atoms with Gasteiger partial charge in [0.1, 0.15) is 12.3 Å². The topological polar surface area (TPSA) is 55.4 Å². The summed E-state index contributed by atoms with van der Waals surface area (Å²) in [6, 6.07) is 0. The van der Waals surface area contributed by atoms with Crippen molar-refractivity contribution in [3.8, 4) is 0 Å². The quantitative estimate of drug-likeness (QED) is 0.851. The first-order valence-electron chi connectivity index (χ1n) is 5.86. The number of hydrogen-bond acceptors (Lipinski definition) is 3. The van der Waals surface area contributed by atoms with E-state index in [0.717, 1.165) is 12.8 Å². The van der Waals surface area contributed by atoms with Gasteiger partial charge in [-0.05, 0) is 25.2 Å². The van der Waals surface area contributed by atoms with E-state index in [1.807, 2.05) is 0 Å². The van der Waals surface area contributed by atoms with Crippen molar-refractivity contribution in [1.82, 2.24) is 5.32 Å². The summed E-state index contributed by atoms with van der Waals surface area (Å²) in [4.78, 5) is 21.9. The summed E-state index contributed by atoms with van der Waals surface area (Å²) in [5.74, 6) is 0.563. The molecule has 18 heavy (non-hydrogen) atoms. The van der Waals surface area contributed by atoms with E-state index < -0.39 is 18.8 Å². The maximum atomic E-state index is 11.8. The Balaban J connectivity index is 2.07. The molecule has 0 saturated heterocycles. The maximum absolute atomic E-state index is 11.8. The Labute approximate surface area is 103 Å². The molecule has 1 saturated carbocycles. The lowest BCUT2D eigenvalue weighted by atomic mass is 9.86. The molecule has 0 aliphatic heterocycles. The highest BCUT2D eigenvalue weighted by molar-refractivity contribution is 5.79. The Morgan fingerprint density at radius 2 is 1.94 bits per heavy atom. The predicted molar refractivity (Wildman–Crippen MR) is 57.0 cm³/mol. The highest BCUT2D eigenvalue weighted by Gasteiger charge is 2.28. The fourth-order valence-corrected chi connectivity index (χ4v) is 1.83. The Kier molecular flexibility index (Phi) is 5.43. The van der Waals surface area contributed by atoms with E-state index in [9.17, 15) is 22.8 Å². The SMILES string of the molecule is O=C1CCC(CCOC(=O)NCC(F)(F)F)CC1. The third-order valence-electron chi connectivity index (χ3n) is 2.86. The summed E-state index contributed by atoms with van der Waals surface area (Å²) in [7, 11) is 0. The molecule has 1 fully saturated rings. The first kappa shape index (κ1) is 14.8. The average molecular weight is 267 g/mol. The highest BCUT2D eigenvalue weighted by Crippen LogP contribution is 2.24. The van der Waals surface area contributed by atoms with Crippen LogP contribution in [0.4, 0.5) is 18.0 Å². The molecule has 0 aromatic rings. The molecule has 0 aromatic carbocycles. The van der Waals surface area contributed by atoms with E-state index in [1.54, 1.807) is 5.32 Å². The predicted octanol–water partition coefficient (Wildman–Crippen LogP) is 2.42. The van der Waals surface area contributed by atoms with E-state index in [1.165, 1.54) is 0 Å². The largest absolute Gasteiger partial charge is 0.450 e. The Morgan fingerprint density at radius 3 is 2.50 bits per heavy atom. The van der Waals surface area contributed by atoms with Crippen molar-refractivity contribution in [1.29, 1.82) is 0 Å². The van der Waals surface area contributed by atoms with Crippen LogP contribution in [0.15, 0.2) is 0 Å². The van der Waals surface area contributed by atoms with Crippen LogP contribution in [0.3, 0.4) is 0 Å². The average Bonchev–Trinajstić information content (AvgIpc) is 2.28. The number of nitrogens with one attached hydrogen (secondary N) is 1. The molecule has 0 bridgehead atoms. The summed E-state index contributed by atoms with van der Waals surface area (Å²) in [5.41, 5.74) is 0. The second-order valence-electron chi connectivity index (χ2n) is 4.38. The van der Waals surface area contributed by atoms with Crippen molar-refractivity contribution < 1.29 is 27.5 Å². The number of ether oxygens (including phenoxy) is 1. The van der Waals surface area contributed by atoms with Crippen molar-refractivity contribution in [3.05, 3.63) is 0 Å². The zero-order valence-corrected chi connectivity index (χ0v) is 9.89. The summed E-state index contributed by atoms with van der Waals surface area (Å²) in [5, 5.41) is 1.63. The number of alkyl carbamates (subject to hydrolysis) is 1. The molecule has 1 aliphatic rings. The van der Waals surface area contributed by atoms with Crippen LogP contribution in [-0.2, 0) is 9.53 Å². The minimum absolute atomic E-state index is 0.0859. The first-order chi connectivity index (χ1) is 8.37. The van der Waals surface area contributed by atoms with Crippen LogP contribution >= 0.6 is 0 Å². The molecule has 104 valence electrons. The van der Waals surface area contributed by atoms with Crippen LogP contribution in [0.25, 0.3) is 0 Å². The van der Waals surface area contributed by atoms with E-state index in [4.69, 9.17) is 0 Å². The Morgan fingerprint density at radius 1 is 1.33 bits per heavy atom. The van der Waals surface area contributed by atoms with Crippen molar-refractivity contribution in [2.45, 2.75) is 38.3 Å². The van der Waals surface area contributed by atoms with Crippen LogP contribution in [-0.4, -0.2) is 31.2 Å². The summed E-state index contributed by atoms with van der Waals surface area (Å²) >= 11 is 0. The fraction of sp³-hybridized carbons (Fsp3) is 0.818. The summed E-state index contributed by atoms with van der Waals surface area (Å²) < 4.78 is 39.9. The number of ketones is 1. The monoisotopic (exact) mass is 267 g/mol. The standard InChI is InChI=1S/C11H16F3NO3/c12-11(13,14)7-15-10(17)18-6-5-8-1-3-9(16)4-2-8/h8H,1-7H2,(H,15,17). The number of rotatable bonds is 4. The second-order valence-corrected chi connectivity index (χ2v) is 4.38. The van der Waals surface area contributed by atoms with Gasteiger partial charge in [-0.25, -0.2) is 4.79 Å². The molecule has 1 rings (SSSR count). The zero-order valence-electron chi connectivity index (χ0n) is 9.89. The third kappa shape index (κ3) is 6.46. The molecule has 1 amide bonds. The third-order valence-corrected chi connectivity index (χ3v) is 2.86. The van der Waals surface area contributed by atoms with Crippen molar-refractivity contribution >= 4 is 11.9 Å². The van der Waals surface area contributed by atoms with E-state index in [-0.39, 0.29) is 12.4 Å². The van der Waals surface area contributed by atoms with Gasteiger partial charge in [-0.3, -0.25) is 4.79 Å². The van der Waals surface area contributed by atoms with Gasteiger partial charge in [0.25, 0.3) is 0 Å². The number of carbonyl (C=O) groups is 2. The molecule has 0 aromatic heterocycles. The lowest BCUT2D eigenvalue weighted by Crippen LogP contribution is -2.34. The van der Waals surface area contributed by atoms with Gasteiger partial charge in [-0.15, -0.1) is 0 Å². The summed E-state index contributed by atoms with van der Waals surface area (Å²) in [6.45, 7) is -1.30. The van der Waals surface area contributed by atoms with Crippen LogP contribution in [0.1, 0.15) is 32.1 Å². The molecule has 7 heteroatoms. The van der Waals surface area contributed by atoms with Gasteiger partial charge >= 0.3 is 12.3 Å². The minimum Gasteiger partial charge on any atom is -0.450 e. The van der Waals surface area contributed by atoms with Gasteiger partial charge in [0.05, 0.1) is 6.61 Å². The highest BCUT2D eigenvalue weighted by atomic mass is 19.4. The van der Waals surface area contributed by atoms with Gasteiger partial charge in [-0.2, -0.15) is 13.2 Å². The van der Waals surface area contributed by atoms with E-state index in [0.29, 0.717) is 25.2 Å². The Hall–Kier alpha value is -1.27. The number of amides is 1. The minimum atomic E-state index is -4.43. The van der Waals surface area contributed by atoms with E-state index >= 15 is 0 Å². The zero-order chi connectivity index (χ0) is 13.6. The molecular formula is C11H16F3NO3.